The van der Waals surface area contributed by atoms with Crippen molar-refractivity contribution in [1.29, 1.82) is 0 Å². The van der Waals surface area contributed by atoms with Gasteiger partial charge in [0, 0.05) is 6.04 Å². The predicted octanol–water partition coefficient (Wildman–Crippen LogP) is 1.32. The van der Waals surface area contributed by atoms with Crippen molar-refractivity contribution in [2.45, 2.75) is 44.4 Å². The summed E-state index contributed by atoms with van der Waals surface area (Å²) in [6, 6.07) is 0.327. The van der Waals surface area contributed by atoms with E-state index in [1.54, 1.807) is 6.20 Å². The molecule has 0 saturated heterocycles. The van der Waals surface area contributed by atoms with E-state index in [0.29, 0.717) is 18.8 Å². The van der Waals surface area contributed by atoms with Crippen LogP contribution in [0.2, 0.25) is 0 Å². The summed E-state index contributed by atoms with van der Waals surface area (Å²) in [7, 11) is 0. The molecule has 0 radical (unpaired) electrons. The summed E-state index contributed by atoms with van der Waals surface area (Å²) in [5.74, 6) is 0. The Hall–Kier alpha value is -0.520. The molecular weight excluding hydrogens is 198 g/mol. The van der Waals surface area contributed by atoms with Gasteiger partial charge in [-0.15, -0.1) is 5.10 Å². The van der Waals surface area contributed by atoms with Gasteiger partial charge in [-0.05, 0) is 37.2 Å². The van der Waals surface area contributed by atoms with Crippen LogP contribution in [0, 0.1) is 0 Å². The third kappa shape index (κ3) is 2.73. The van der Waals surface area contributed by atoms with Crippen LogP contribution >= 0.6 is 11.5 Å². The molecule has 1 heterocycles. The summed E-state index contributed by atoms with van der Waals surface area (Å²) >= 11 is 1.39. The Balaban J connectivity index is 1.75. The minimum atomic E-state index is 0.327. The summed E-state index contributed by atoms with van der Waals surface area (Å²) in [5, 5.41) is 3.76. The Kier molecular flexibility index (Phi) is 3.44. The largest absolute Gasteiger partial charge is 0.373 e. The molecule has 2 atom stereocenters. The zero-order valence-electron chi connectivity index (χ0n) is 8.06. The molecule has 1 aliphatic carbocycles. The summed E-state index contributed by atoms with van der Waals surface area (Å²) in [5.41, 5.74) is 5.87. The van der Waals surface area contributed by atoms with Crippen molar-refractivity contribution in [1.82, 2.24) is 9.59 Å². The van der Waals surface area contributed by atoms with Crippen LogP contribution in [0.4, 0.5) is 0 Å². The maximum absolute atomic E-state index is 5.87. The van der Waals surface area contributed by atoms with Crippen molar-refractivity contribution >= 4 is 11.5 Å². The van der Waals surface area contributed by atoms with E-state index in [4.69, 9.17) is 10.5 Å². The van der Waals surface area contributed by atoms with Crippen LogP contribution in [-0.2, 0) is 11.3 Å². The molecule has 0 aliphatic heterocycles. The minimum absolute atomic E-state index is 0.327. The molecule has 1 aliphatic rings. The first-order valence-corrected chi connectivity index (χ1v) is 5.75. The molecule has 0 aromatic carbocycles. The number of hydrogen-bond donors (Lipinski definition) is 1. The zero-order valence-corrected chi connectivity index (χ0v) is 8.87. The van der Waals surface area contributed by atoms with Crippen molar-refractivity contribution in [3.63, 3.8) is 0 Å². The fourth-order valence-corrected chi connectivity index (χ4v) is 2.20. The van der Waals surface area contributed by atoms with Crippen LogP contribution in [-0.4, -0.2) is 21.7 Å². The lowest BCUT2D eigenvalue weighted by Crippen LogP contribution is -2.32. The number of hydrogen-bond acceptors (Lipinski definition) is 5. The molecular formula is C9H15N3OS. The van der Waals surface area contributed by atoms with Crippen LogP contribution in [0.15, 0.2) is 6.20 Å². The van der Waals surface area contributed by atoms with Gasteiger partial charge in [0.1, 0.15) is 0 Å². The van der Waals surface area contributed by atoms with Gasteiger partial charge in [-0.3, -0.25) is 0 Å². The Labute approximate surface area is 87.6 Å². The maximum Gasteiger partial charge on any atom is 0.0845 e. The highest BCUT2D eigenvalue weighted by molar-refractivity contribution is 7.05. The van der Waals surface area contributed by atoms with Crippen LogP contribution in [0.25, 0.3) is 0 Å². The Bertz CT molecular complexity index is 265. The minimum Gasteiger partial charge on any atom is -0.373 e. The van der Waals surface area contributed by atoms with E-state index in [1.165, 1.54) is 18.0 Å². The Morgan fingerprint density at radius 3 is 3.21 bits per heavy atom. The molecule has 78 valence electrons. The highest BCUT2D eigenvalue weighted by atomic mass is 32.1. The Morgan fingerprint density at radius 2 is 2.50 bits per heavy atom. The van der Waals surface area contributed by atoms with Gasteiger partial charge in [-0.2, -0.15) is 0 Å². The average Bonchev–Trinajstić information content (AvgIpc) is 2.67. The Morgan fingerprint density at radius 1 is 1.57 bits per heavy atom. The molecule has 1 aromatic rings. The fourth-order valence-electron chi connectivity index (χ4n) is 1.78. The van der Waals surface area contributed by atoms with Gasteiger partial charge in [-0.1, -0.05) is 4.49 Å². The quantitative estimate of drug-likeness (QED) is 0.822. The van der Waals surface area contributed by atoms with Gasteiger partial charge in [-0.25, -0.2) is 0 Å². The second-order valence-corrected chi connectivity index (χ2v) is 4.61. The van der Waals surface area contributed by atoms with Crippen molar-refractivity contribution in [2.75, 3.05) is 0 Å². The summed E-state index contributed by atoms with van der Waals surface area (Å²) < 4.78 is 9.54. The van der Waals surface area contributed by atoms with E-state index in [9.17, 15) is 0 Å². The lowest BCUT2D eigenvalue weighted by atomic mass is 9.94. The number of rotatable bonds is 3. The van der Waals surface area contributed by atoms with Gasteiger partial charge in [0.05, 0.1) is 23.8 Å². The first-order valence-electron chi connectivity index (χ1n) is 4.98. The topological polar surface area (TPSA) is 61.0 Å². The van der Waals surface area contributed by atoms with Crippen LogP contribution in [0.3, 0.4) is 0 Å². The van der Waals surface area contributed by atoms with E-state index < -0.39 is 0 Å². The van der Waals surface area contributed by atoms with Gasteiger partial charge in [0.15, 0.2) is 0 Å². The van der Waals surface area contributed by atoms with Gasteiger partial charge < -0.3 is 10.5 Å². The van der Waals surface area contributed by atoms with E-state index in [2.05, 4.69) is 9.59 Å². The average molecular weight is 213 g/mol. The highest BCUT2D eigenvalue weighted by Crippen LogP contribution is 2.21. The molecule has 14 heavy (non-hydrogen) atoms. The van der Waals surface area contributed by atoms with Crippen LogP contribution in [0.1, 0.15) is 30.6 Å². The highest BCUT2D eigenvalue weighted by Gasteiger charge is 2.19. The SMILES string of the molecule is NC1CCCC(OCc2cnns2)C1. The number of ether oxygens (including phenoxy) is 1. The second kappa shape index (κ2) is 4.82. The summed E-state index contributed by atoms with van der Waals surface area (Å²) in [6.45, 7) is 0.634. The van der Waals surface area contributed by atoms with Gasteiger partial charge in [0.25, 0.3) is 0 Å². The van der Waals surface area contributed by atoms with E-state index in [-0.39, 0.29) is 0 Å². The number of aromatic nitrogens is 2. The molecule has 0 amide bonds. The van der Waals surface area contributed by atoms with E-state index in [0.717, 1.165) is 24.1 Å². The van der Waals surface area contributed by atoms with Crippen LogP contribution < -0.4 is 5.73 Å². The van der Waals surface area contributed by atoms with Crippen molar-refractivity contribution in [3.05, 3.63) is 11.1 Å². The first kappa shape index (κ1) is 10.0. The van der Waals surface area contributed by atoms with Crippen molar-refractivity contribution in [2.24, 2.45) is 5.73 Å². The van der Waals surface area contributed by atoms with E-state index in [1.807, 2.05) is 0 Å². The van der Waals surface area contributed by atoms with Crippen molar-refractivity contribution < 1.29 is 4.74 Å². The number of nitrogens with zero attached hydrogens (tertiary/aromatic N) is 2. The standard InChI is InChI=1S/C9H15N3OS/c10-7-2-1-3-8(4-7)13-6-9-5-11-12-14-9/h5,7-8H,1-4,6,10H2. The third-order valence-corrected chi connectivity index (χ3v) is 3.17. The molecule has 1 fully saturated rings. The molecule has 2 rings (SSSR count). The molecule has 0 bridgehead atoms. The zero-order chi connectivity index (χ0) is 9.80. The normalized spacial score (nSPS) is 27.8. The molecule has 5 heteroatoms. The van der Waals surface area contributed by atoms with E-state index >= 15 is 0 Å². The van der Waals surface area contributed by atoms with Crippen LogP contribution in [0.5, 0.6) is 0 Å². The lowest BCUT2D eigenvalue weighted by Gasteiger charge is -2.26. The second-order valence-electron chi connectivity index (χ2n) is 3.74. The maximum atomic E-state index is 5.87. The summed E-state index contributed by atoms with van der Waals surface area (Å²) in [6.07, 6.45) is 6.55. The lowest BCUT2D eigenvalue weighted by molar-refractivity contribution is 0.0135. The molecule has 1 aromatic heterocycles. The molecule has 2 unspecified atom stereocenters. The van der Waals surface area contributed by atoms with Gasteiger partial charge in [0.2, 0.25) is 0 Å². The molecule has 2 N–H and O–H groups in total. The summed E-state index contributed by atoms with van der Waals surface area (Å²) in [4.78, 5) is 1.09. The number of nitrogens with two attached hydrogens (primary N) is 1. The fraction of sp³-hybridized carbons (Fsp3) is 0.778. The molecule has 4 nitrogen and oxygen atoms in total. The van der Waals surface area contributed by atoms with Crippen molar-refractivity contribution in [3.8, 4) is 0 Å². The van der Waals surface area contributed by atoms with Gasteiger partial charge >= 0.3 is 0 Å². The first-order chi connectivity index (χ1) is 6.84. The third-order valence-electron chi connectivity index (χ3n) is 2.53. The predicted molar refractivity (Wildman–Crippen MR) is 54.9 cm³/mol. The molecule has 1 saturated carbocycles. The molecule has 0 spiro atoms. The monoisotopic (exact) mass is 213 g/mol. The smallest absolute Gasteiger partial charge is 0.0845 e.